The smallest absolute Gasteiger partial charge is 0.292 e. The number of nitrogens with zero attached hydrogens (tertiary/aromatic N) is 2. The zero-order valence-electron chi connectivity index (χ0n) is 17.2. The standard InChI is InChI=1S/C21H32N2O4/c1-15(2)14-22(18-8-10-27-11-9-18)19-7-6-17(12-20(19)23(25)26)21(4,5)13-16(3)24/h6-7,12,15,18H,8-11,13-14H2,1-5H3. The minimum Gasteiger partial charge on any atom is -0.381 e. The summed E-state index contributed by atoms with van der Waals surface area (Å²) >= 11 is 0. The van der Waals surface area contributed by atoms with Crippen molar-refractivity contribution in [1.29, 1.82) is 0 Å². The molecule has 0 radical (unpaired) electrons. The van der Waals surface area contributed by atoms with E-state index in [0.29, 0.717) is 31.2 Å². The summed E-state index contributed by atoms with van der Waals surface area (Å²) in [4.78, 5) is 25.4. The Balaban J connectivity index is 2.46. The zero-order chi connectivity index (χ0) is 20.2. The molecular formula is C21H32N2O4. The summed E-state index contributed by atoms with van der Waals surface area (Å²) in [5, 5.41) is 11.9. The third-order valence-corrected chi connectivity index (χ3v) is 5.15. The van der Waals surface area contributed by atoms with Crippen LogP contribution in [0.25, 0.3) is 0 Å². The lowest BCUT2D eigenvalue weighted by Gasteiger charge is -2.37. The van der Waals surface area contributed by atoms with Gasteiger partial charge >= 0.3 is 0 Å². The van der Waals surface area contributed by atoms with Crippen molar-refractivity contribution in [2.75, 3.05) is 24.7 Å². The Morgan fingerprint density at radius 2 is 1.96 bits per heavy atom. The third-order valence-electron chi connectivity index (χ3n) is 5.15. The monoisotopic (exact) mass is 376 g/mol. The van der Waals surface area contributed by atoms with Gasteiger partial charge in [-0.15, -0.1) is 0 Å². The van der Waals surface area contributed by atoms with Gasteiger partial charge in [-0.2, -0.15) is 0 Å². The van der Waals surface area contributed by atoms with E-state index < -0.39 is 5.41 Å². The van der Waals surface area contributed by atoms with Gasteiger partial charge in [-0.05, 0) is 42.7 Å². The molecule has 2 rings (SSSR count). The SMILES string of the molecule is CC(=O)CC(C)(C)c1ccc(N(CC(C)C)C2CCOCC2)c([N+](=O)[O-])c1. The van der Waals surface area contributed by atoms with Crippen LogP contribution in [0.1, 0.15) is 59.4 Å². The molecule has 0 bridgehead atoms. The van der Waals surface area contributed by atoms with E-state index in [0.717, 1.165) is 24.9 Å². The van der Waals surface area contributed by atoms with Crippen molar-refractivity contribution in [2.24, 2.45) is 5.92 Å². The summed E-state index contributed by atoms with van der Waals surface area (Å²) in [5.41, 5.74) is 1.18. The molecule has 6 heteroatoms. The normalized spacial score (nSPS) is 15.8. The molecule has 6 nitrogen and oxygen atoms in total. The molecule has 150 valence electrons. The van der Waals surface area contributed by atoms with Gasteiger partial charge in [-0.1, -0.05) is 33.8 Å². The molecule has 1 aliphatic rings. The van der Waals surface area contributed by atoms with E-state index in [1.807, 2.05) is 26.0 Å². The maximum absolute atomic E-state index is 11.9. The van der Waals surface area contributed by atoms with Crippen molar-refractivity contribution in [1.82, 2.24) is 0 Å². The third kappa shape index (κ3) is 5.51. The fourth-order valence-electron chi connectivity index (χ4n) is 3.89. The number of Topliss-reactive ketones (excluding diaryl/α,β-unsaturated/α-hetero) is 1. The van der Waals surface area contributed by atoms with E-state index in [2.05, 4.69) is 18.7 Å². The van der Waals surface area contributed by atoms with E-state index in [1.54, 1.807) is 13.0 Å². The molecule has 0 unspecified atom stereocenters. The molecule has 1 saturated heterocycles. The highest BCUT2D eigenvalue weighted by Crippen LogP contribution is 2.37. The number of carbonyl (C=O) groups excluding carboxylic acids is 1. The fourth-order valence-corrected chi connectivity index (χ4v) is 3.89. The highest BCUT2D eigenvalue weighted by Gasteiger charge is 2.31. The van der Waals surface area contributed by atoms with Crippen LogP contribution in [0.4, 0.5) is 11.4 Å². The number of hydrogen-bond donors (Lipinski definition) is 0. The summed E-state index contributed by atoms with van der Waals surface area (Å²) in [6.45, 7) is 11.9. The van der Waals surface area contributed by atoms with Gasteiger partial charge in [-0.25, -0.2) is 0 Å². The van der Waals surface area contributed by atoms with Crippen LogP contribution in [0.3, 0.4) is 0 Å². The van der Waals surface area contributed by atoms with Crippen LogP contribution in [0.2, 0.25) is 0 Å². The highest BCUT2D eigenvalue weighted by molar-refractivity contribution is 5.77. The average Bonchev–Trinajstić information content (AvgIpc) is 2.58. The summed E-state index contributed by atoms with van der Waals surface area (Å²) in [5.74, 6) is 0.469. The van der Waals surface area contributed by atoms with Crippen molar-refractivity contribution >= 4 is 17.2 Å². The molecule has 1 heterocycles. The van der Waals surface area contributed by atoms with E-state index in [1.165, 1.54) is 0 Å². The van der Waals surface area contributed by atoms with Gasteiger partial charge in [0.1, 0.15) is 11.5 Å². The minimum atomic E-state index is -0.434. The van der Waals surface area contributed by atoms with Crippen LogP contribution in [-0.4, -0.2) is 36.5 Å². The Labute approximate surface area is 162 Å². The first-order chi connectivity index (χ1) is 12.6. The zero-order valence-corrected chi connectivity index (χ0v) is 17.2. The molecule has 0 aromatic heterocycles. The van der Waals surface area contributed by atoms with Crippen LogP contribution in [0.15, 0.2) is 18.2 Å². The molecule has 0 N–H and O–H groups in total. The first-order valence-electron chi connectivity index (χ1n) is 9.74. The van der Waals surface area contributed by atoms with E-state index in [-0.39, 0.29) is 22.4 Å². The number of rotatable bonds is 8. The quantitative estimate of drug-likeness (QED) is 0.494. The van der Waals surface area contributed by atoms with E-state index >= 15 is 0 Å². The summed E-state index contributed by atoms with van der Waals surface area (Å²) in [7, 11) is 0. The number of benzene rings is 1. The van der Waals surface area contributed by atoms with Crippen molar-refractivity contribution < 1.29 is 14.5 Å². The second kappa shape index (κ2) is 8.83. The number of carbonyl (C=O) groups is 1. The molecular weight excluding hydrogens is 344 g/mol. The summed E-state index contributed by atoms with van der Waals surface area (Å²) in [6.07, 6.45) is 2.11. The lowest BCUT2D eigenvalue weighted by atomic mass is 9.80. The number of nitro groups is 1. The Hall–Kier alpha value is -1.95. The Kier molecular flexibility index (Phi) is 6.98. The van der Waals surface area contributed by atoms with Crippen molar-refractivity contribution in [3.05, 3.63) is 33.9 Å². The van der Waals surface area contributed by atoms with Crippen LogP contribution in [-0.2, 0) is 14.9 Å². The van der Waals surface area contributed by atoms with Gasteiger partial charge in [0, 0.05) is 38.3 Å². The van der Waals surface area contributed by atoms with Gasteiger partial charge in [0.05, 0.1) is 4.92 Å². The van der Waals surface area contributed by atoms with E-state index in [9.17, 15) is 14.9 Å². The number of ketones is 1. The molecule has 27 heavy (non-hydrogen) atoms. The maximum Gasteiger partial charge on any atom is 0.292 e. The Morgan fingerprint density at radius 1 is 1.33 bits per heavy atom. The predicted octanol–water partition coefficient (Wildman–Crippen LogP) is 4.49. The van der Waals surface area contributed by atoms with Crippen molar-refractivity contribution in [3.63, 3.8) is 0 Å². The van der Waals surface area contributed by atoms with Crippen LogP contribution < -0.4 is 4.90 Å². The van der Waals surface area contributed by atoms with Gasteiger partial charge < -0.3 is 9.64 Å². The molecule has 1 aromatic rings. The number of anilines is 1. The average molecular weight is 376 g/mol. The van der Waals surface area contributed by atoms with Gasteiger partial charge in [-0.3, -0.25) is 14.9 Å². The summed E-state index contributed by atoms with van der Waals surface area (Å²) < 4.78 is 5.48. The molecule has 0 amide bonds. The van der Waals surface area contributed by atoms with E-state index in [4.69, 9.17) is 4.74 Å². The lowest BCUT2D eigenvalue weighted by molar-refractivity contribution is -0.384. The first kappa shape index (κ1) is 21.4. The molecule has 0 saturated carbocycles. The molecule has 1 aromatic carbocycles. The second-order valence-corrected chi connectivity index (χ2v) is 8.61. The van der Waals surface area contributed by atoms with Gasteiger partial charge in [0.15, 0.2) is 0 Å². The second-order valence-electron chi connectivity index (χ2n) is 8.61. The molecule has 1 aliphatic heterocycles. The van der Waals surface area contributed by atoms with Gasteiger partial charge in [0.2, 0.25) is 0 Å². The summed E-state index contributed by atoms with van der Waals surface area (Å²) in [6, 6.07) is 5.71. The fraction of sp³-hybridized carbons (Fsp3) is 0.667. The number of hydrogen-bond acceptors (Lipinski definition) is 5. The van der Waals surface area contributed by atoms with Gasteiger partial charge in [0.25, 0.3) is 5.69 Å². The van der Waals surface area contributed by atoms with Crippen LogP contribution in [0, 0.1) is 16.0 Å². The predicted molar refractivity (Wildman–Crippen MR) is 107 cm³/mol. The van der Waals surface area contributed by atoms with Crippen LogP contribution in [0.5, 0.6) is 0 Å². The Morgan fingerprint density at radius 3 is 2.48 bits per heavy atom. The number of ether oxygens (including phenoxy) is 1. The molecule has 0 spiro atoms. The topological polar surface area (TPSA) is 72.7 Å². The first-order valence-corrected chi connectivity index (χ1v) is 9.74. The highest BCUT2D eigenvalue weighted by atomic mass is 16.6. The lowest BCUT2D eigenvalue weighted by Crippen LogP contribution is -2.42. The molecule has 0 atom stereocenters. The minimum absolute atomic E-state index is 0.0790. The Bertz CT molecular complexity index is 679. The van der Waals surface area contributed by atoms with Crippen LogP contribution >= 0.6 is 0 Å². The van der Waals surface area contributed by atoms with Crippen molar-refractivity contribution in [3.8, 4) is 0 Å². The maximum atomic E-state index is 11.9. The molecule has 0 aliphatic carbocycles. The number of nitro benzene ring substituents is 1. The largest absolute Gasteiger partial charge is 0.381 e. The molecule has 1 fully saturated rings. The van der Waals surface area contributed by atoms with Crippen molar-refractivity contribution in [2.45, 2.75) is 65.3 Å².